The van der Waals surface area contributed by atoms with Gasteiger partial charge in [0, 0.05) is 36.3 Å². The highest BCUT2D eigenvalue weighted by atomic mass is 32.2. The summed E-state index contributed by atoms with van der Waals surface area (Å²) in [5, 5.41) is 35.8. The predicted octanol–water partition coefficient (Wildman–Crippen LogP) is 14.5. The summed E-state index contributed by atoms with van der Waals surface area (Å²) in [4.78, 5) is 35.4. The zero-order chi connectivity index (χ0) is 53.1. The minimum atomic E-state index is -0.891. The Morgan fingerprint density at radius 1 is 0.773 bits per heavy atom. The zero-order valence-corrected chi connectivity index (χ0v) is 49.2. The molecule has 4 N–H and O–H groups in total. The Balaban J connectivity index is 0.795. The molecule has 0 aromatic heterocycles. The second kappa shape index (κ2) is 22.2. The van der Waals surface area contributed by atoms with E-state index in [1.807, 2.05) is 23.7 Å². The number of allylic oxidation sites excluding steroid dienone is 2. The Hall–Kier alpha value is -2.53. The van der Waals surface area contributed by atoms with Crippen LogP contribution in [0.1, 0.15) is 222 Å². The summed E-state index contributed by atoms with van der Waals surface area (Å²) < 4.78 is 0. The molecule has 4 unspecified atom stereocenters. The molecular weight excluding hydrogens is 951 g/mol. The van der Waals surface area contributed by atoms with Gasteiger partial charge in [-0.1, -0.05) is 102 Å². The maximum absolute atomic E-state index is 14.5. The molecule has 3 amide bonds. The Bertz CT molecular complexity index is 2210. The summed E-state index contributed by atoms with van der Waals surface area (Å²) in [6.45, 7) is 20.2. The molecule has 0 spiro atoms. The summed E-state index contributed by atoms with van der Waals surface area (Å²) in [5.41, 5.74) is 4.58. The average Bonchev–Trinajstić information content (AvgIpc) is 4.19. The Kier molecular flexibility index (Phi) is 16.5. The number of nitrogens with one attached hydrogen (secondary N) is 2. The number of thioether (sulfide) groups is 1. The minimum Gasteiger partial charge on any atom is -0.411 e. The van der Waals surface area contributed by atoms with Gasteiger partial charge in [0.2, 0.25) is 11.6 Å². The molecule has 8 fully saturated rings. The number of aliphatic hydroxyl groups is 1. The number of unbranched alkanes of at least 4 members (excludes halogenated alkanes) is 1. The molecule has 2 aliphatic heterocycles. The van der Waals surface area contributed by atoms with Crippen LogP contribution in [0.2, 0.25) is 0 Å². The van der Waals surface area contributed by atoms with Gasteiger partial charge in [-0.05, 0) is 222 Å². The number of aliphatic hydroxyl groups excluding tert-OH is 1. The van der Waals surface area contributed by atoms with Gasteiger partial charge in [-0.25, -0.2) is 4.79 Å². The van der Waals surface area contributed by atoms with E-state index >= 15 is 0 Å². The topological polar surface area (TPSA) is 136 Å². The Labute approximate surface area is 458 Å². The third-order valence-electron chi connectivity index (χ3n) is 24.8. The molecular formula is C64H103N5O5S. The largest absolute Gasteiger partial charge is 0.411 e. The molecule has 10 rings (SSSR count). The molecule has 0 aromatic rings. The van der Waals surface area contributed by atoms with E-state index in [0.29, 0.717) is 52.1 Å². The molecule has 2 saturated heterocycles. The fraction of sp³-hybridized carbons (Fsp3) is 0.875. The molecule has 0 bridgehead atoms. The lowest BCUT2D eigenvalue weighted by atomic mass is 9.46. The highest BCUT2D eigenvalue weighted by molar-refractivity contribution is 8.00. The molecule has 18 atom stereocenters. The van der Waals surface area contributed by atoms with E-state index in [1.54, 1.807) is 0 Å². The fourth-order valence-corrected chi connectivity index (χ4v) is 22.1. The van der Waals surface area contributed by atoms with Gasteiger partial charge in [-0.15, -0.1) is 0 Å². The summed E-state index contributed by atoms with van der Waals surface area (Å²) in [6, 6.07) is 0.378. The first-order chi connectivity index (χ1) is 35.9. The summed E-state index contributed by atoms with van der Waals surface area (Å²) in [5.74, 6) is 9.13. The van der Waals surface area contributed by atoms with Crippen molar-refractivity contribution in [1.82, 2.24) is 15.5 Å². The second-order valence-electron chi connectivity index (χ2n) is 28.7. The predicted molar refractivity (Wildman–Crippen MR) is 306 cm³/mol. The lowest BCUT2D eigenvalue weighted by Gasteiger charge is -2.60. The number of hydrogen-bond donors (Lipinski definition) is 4. The minimum absolute atomic E-state index is 0.0401. The normalized spacial score (nSPS) is 43.2. The van der Waals surface area contributed by atoms with E-state index in [0.717, 1.165) is 123 Å². The molecule has 11 heteroatoms. The van der Waals surface area contributed by atoms with Crippen molar-refractivity contribution in [2.24, 2.45) is 97.1 Å². The fourth-order valence-electron chi connectivity index (χ4n) is 20.6. The van der Waals surface area contributed by atoms with Crippen molar-refractivity contribution in [3.8, 4) is 0 Å². The number of likely N-dealkylation sites (N-methyl/N-ethyl adjacent to an activating group) is 1. The lowest BCUT2D eigenvalue weighted by Crippen LogP contribution is -2.56. The van der Waals surface area contributed by atoms with Gasteiger partial charge in [0.05, 0.1) is 30.1 Å². The third-order valence-corrected chi connectivity index (χ3v) is 26.3. The molecule has 0 radical (unpaired) electrons. The standard InChI is InChI=1S/C64H103N5O5S/c1-40(2)14-12-15-41(3)49-24-26-51-47-23-21-45-37-64(35-34-60(45,6)53(47)29-31-61(49,51)7,69(9)57(71)19-11-10-18-56-58-55(38-75-56)65-59(72)66-58)74-68-43(5)17-13-16-42(4)50-25-27-52-48-22-20-44-36-46(67-73)28-33-63(44,39-70)54(48)30-32-62(50,52)8/h36-37,40-42,47-56,58,70,73H,10-35,38-39H2,1-9H3,(H2,65,66,72)/t41-,42-,47?,48+,49-,50-,51?,52+,53?,54+,55+,56+,58+,60+,61-,62-,63-,64?/m1/s1. The van der Waals surface area contributed by atoms with Crippen molar-refractivity contribution in [3.05, 3.63) is 23.3 Å². The van der Waals surface area contributed by atoms with Gasteiger partial charge >= 0.3 is 6.03 Å². The number of amides is 3. The van der Waals surface area contributed by atoms with Crippen LogP contribution in [-0.2, 0) is 9.63 Å². The maximum atomic E-state index is 14.5. The number of nitrogens with zero attached hydrogens (tertiary/aromatic N) is 3. The van der Waals surface area contributed by atoms with Gasteiger partial charge in [0.25, 0.3) is 0 Å². The van der Waals surface area contributed by atoms with E-state index < -0.39 is 5.72 Å². The number of urea groups is 1. The summed E-state index contributed by atoms with van der Waals surface area (Å²) >= 11 is 1.95. The van der Waals surface area contributed by atoms with Crippen LogP contribution < -0.4 is 10.6 Å². The van der Waals surface area contributed by atoms with Crippen LogP contribution in [0.15, 0.2) is 33.6 Å². The first-order valence-corrected chi connectivity index (χ1v) is 32.4. The van der Waals surface area contributed by atoms with E-state index in [-0.39, 0.29) is 41.5 Å². The van der Waals surface area contributed by atoms with Crippen LogP contribution in [0.4, 0.5) is 4.79 Å². The number of oxime groups is 2. The summed E-state index contributed by atoms with van der Waals surface area (Å²) in [6.07, 6.45) is 33.8. The average molecular weight is 1050 g/mol. The van der Waals surface area contributed by atoms with Gasteiger partial charge in [0.15, 0.2) is 0 Å². The Morgan fingerprint density at radius 3 is 2.12 bits per heavy atom. The molecule has 75 heavy (non-hydrogen) atoms. The molecule has 10 aliphatic rings. The van der Waals surface area contributed by atoms with Crippen molar-refractivity contribution in [2.75, 3.05) is 19.4 Å². The highest BCUT2D eigenvalue weighted by Crippen LogP contribution is 2.70. The maximum Gasteiger partial charge on any atom is 0.315 e. The quantitative estimate of drug-likeness (QED) is 0.0194. The van der Waals surface area contributed by atoms with E-state index in [2.05, 4.69) is 83.3 Å². The van der Waals surface area contributed by atoms with E-state index in [9.17, 15) is 19.9 Å². The Morgan fingerprint density at radius 2 is 1.44 bits per heavy atom. The third kappa shape index (κ3) is 10.1. The van der Waals surface area contributed by atoms with Gasteiger partial charge < -0.3 is 30.7 Å². The molecule has 0 aromatic carbocycles. The number of carbonyl (C=O) groups is 2. The molecule has 8 aliphatic carbocycles. The SMILES string of the molecule is CC(CCC[C@@H](C)[C@H]1CC[C@H]2[C@@H]3CCC4=CC(=NO)CC[C@]4(CO)[C@H]3CC[C@]12C)=NOC1(N(C)C(=O)CCCC[C@@H]2SC[C@@H]3NC(=O)N[C@@H]32)C=C2CCC3C(CC[C@@]4(C)C3CC[C@@H]4[C@H](C)CCCC(C)C)[C@@]2(C)CC1. The lowest BCUT2D eigenvalue weighted by molar-refractivity contribution is -0.166. The number of fused-ring (bicyclic) bond motifs is 11. The van der Waals surface area contributed by atoms with Gasteiger partial charge in [-0.3, -0.25) is 4.79 Å². The number of rotatable bonds is 19. The van der Waals surface area contributed by atoms with Crippen molar-refractivity contribution in [2.45, 2.75) is 245 Å². The van der Waals surface area contributed by atoms with Crippen LogP contribution in [0.25, 0.3) is 0 Å². The first-order valence-electron chi connectivity index (χ1n) is 31.3. The van der Waals surface area contributed by atoms with Crippen molar-refractivity contribution < 1.29 is 24.7 Å². The van der Waals surface area contributed by atoms with Crippen LogP contribution in [0.5, 0.6) is 0 Å². The molecule has 6 saturated carbocycles. The van der Waals surface area contributed by atoms with E-state index in [4.69, 9.17) is 9.99 Å². The number of hydrogen-bond acceptors (Lipinski definition) is 8. The van der Waals surface area contributed by atoms with E-state index in [1.165, 1.54) is 101 Å². The first kappa shape index (κ1) is 55.8. The van der Waals surface area contributed by atoms with Crippen molar-refractivity contribution >= 4 is 35.1 Å². The van der Waals surface area contributed by atoms with Crippen LogP contribution in [-0.4, -0.2) is 81.0 Å². The van der Waals surface area contributed by atoms with Crippen LogP contribution in [0, 0.1) is 86.8 Å². The highest BCUT2D eigenvalue weighted by Gasteiger charge is 2.63. The zero-order valence-electron chi connectivity index (χ0n) is 48.4. The monoisotopic (exact) mass is 1050 g/mol. The van der Waals surface area contributed by atoms with Crippen molar-refractivity contribution in [3.63, 3.8) is 0 Å². The van der Waals surface area contributed by atoms with Crippen LogP contribution >= 0.6 is 11.8 Å². The smallest absolute Gasteiger partial charge is 0.315 e. The second-order valence-corrected chi connectivity index (χ2v) is 30.0. The summed E-state index contributed by atoms with van der Waals surface area (Å²) in [7, 11) is 2.00. The number of carbonyl (C=O) groups excluding carboxylic acids is 2. The molecule has 10 nitrogen and oxygen atoms in total. The van der Waals surface area contributed by atoms with Crippen molar-refractivity contribution in [1.29, 1.82) is 0 Å². The van der Waals surface area contributed by atoms with Gasteiger partial charge in [-0.2, -0.15) is 11.8 Å². The van der Waals surface area contributed by atoms with Gasteiger partial charge in [0.1, 0.15) is 0 Å². The van der Waals surface area contributed by atoms with Crippen LogP contribution in [0.3, 0.4) is 0 Å². The molecule has 2 heterocycles. The molecule has 420 valence electrons.